The highest BCUT2D eigenvalue weighted by Gasteiger charge is 2.29. The fourth-order valence-electron chi connectivity index (χ4n) is 3.93. The molecule has 0 aliphatic heterocycles. The van der Waals surface area contributed by atoms with Gasteiger partial charge in [-0.05, 0) is 61.9 Å². The van der Waals surface area contributed by atoms with Crippen molar-refractivity contribution in [2.45, 2.75) is 32.6 Å². The van der Waals surface area contributed by atoms with E-state index >= 15 is 0 Å². The first-order valence-corrected chi connectivity index (χ1v) is 9.59. The van der Waals surface area contributed by atoms with Gasteiger partial charge < -0.3 is 14.9 Å². The topological polar surface area (TPSA) is 49.7 Å². The third-order valence-electron chi connectivity index (χ3n) is 5.46. The van der Waals surface area contributed by atoms with Crippen LogP contribution in [0.1, 0.15) is 49.3 Å². The number of phenols is 2. The van der Waals surface area contributed by atoms with E-state index in [1.54, 1.807) is 25.3 Å². The molecule has 3 nitrogen and oxygen atoms in total. The maximum atomic E-state index is 10.9. The van der Waals surface area contributed by atoms with Crippen LogP contribution in [0.4, 0.5) is 0 Å². The van der Waals surface area contributed by atoms with Gasteiger partial charge in [-0.15, -0.1) is 0 Å². The summed E-state index contributed by atoms with van der Waals surface area (Å²) >= 11 is 0. The second kappa shape index (κ2) is 8.39. The van der Waals surface area contributed by atoms with E-state index in [4.69, 9.17) is 4.74 Å². The quantitative estimate of drug-likeness (QED) is 0.476. The van der Waals surface area contributed by atoms with Gasteiger partial charge in [0.05, 0.1) is 7.11 Å². The lowest BCUT2D eigenvalue weighted by molar-refractivity contribution is 0.401. The predicted octanol–water partition coefficient (Wildman–Crippen LogP) is 6.29. The molecule has 3 heteroatoms. The number of methoxy groups -OCH3 is 1. The molecule has 0 heterocycles. The standard InChI is InChI=1S/C25H28O3/c1-16(2)22-12-5-17(3)13-23(22)25-19(14-21(28-4)15-24(25)27)9-6-18-7-10-20(26)11-8-18/h6-11,13-15,22-23,26-27H,1,5,12H2,2-4H3/b9-6+. The average Bonchev–Trinajstić information content (AvgIpc) is 2.66. The van der Waals surface area contributed by atoms with Gasteiger partial charge >= 0.3 is 0 Å². The van der Waals surface area contributed by atoms with Crippen molar-refractivity contribution in [3.63, 3.8) is 0 Å². The molecule has 0 amide bonds. The number of hydrogen-bond acceptors (Lipinski definition) is 3. The van der Waals surface area contributed by atoms with Crippen LogP contribution in [0.15, 0.2) is 60.2 Å². The zero-order valence-corrected chi connectivity index (χ0v) is 16.8. The molecule has 0 aromatic heterocycles. The van der Waals surface area contributed by atoms with E-state index in [0.29, 0.717) is 11.7 Å². The summed E-state index contributed by atoms with van der Waals surface area (Å²) in [6.45, 7) is 8.41. The van der Waals surface area contributed by atoms with Crippen molar-refractivity contribution in [2.24, 2.45) is 5.92 Å². The SMILES string of the molecule is C=C(C)C1CCC(C)=CC1c1c(O)cc(OC)cc1/C=C/c1ccc(O)cc1. The van der Waals surface area contributed by atoms with Gasteiger partial charge in [-0.2, -0.15) is 0 Å². The second-order valence-electron chi connectivity index (χ2n) is 7.60. The van der Waals surface area contributed by atoms with Crippen LogP contribution in [0.25, 0.3) is 12.2 Å². The first kappa shape index (κ1) is 19.8. The summed E-state index contributed by atoms with van der Waals surface area (Å²) in [5.74, 6) is 1.48. The fraction of sp³-hybridized carbons (Fsp3) is 0.280. The van der Waals surface area contributed by atoms with Crippen molar-refractivity contribution < 1.29 is 14.9 Å². The Bertz CT molecular complexity index is 920. The molecule has 0 bridgehead atoms. The van der Waals surface area contributed by atoms with E-state index in [2.05, 4.69) is 26.5 Å². The fourth-order valence-corrected chi connectivity index (χ4v) is 3.93. The summed E-state index contributed by atoms with van der Waals surface area (Å²) < 4.78 is 5.38. The minimum Gasteiger partial charge on any atom is -0.508 e. The zero-order valence-electron chi connectivity index (χ0n) is 16.8. The Hall–Kier alpha value is -2.94. The summed E-state index contributed by atoms with van der Waals surface area (Å²) in [5, 5.41) is 20.3. The van der Waals surface area contributed by atoms with Gasteiger partial charge in [-0.1, -0.05) is 48.1 Å². The lowest BCUT2D eigenvalue weighted by atomic mass is 9.73. The van der Waals surface area contributed by atoms with Gasteiger partial charge in [0.2, 0.25) is 0 Å². The van der Waals surface area contributed by atoms with Gasteiger partial charge in [-0.3, -0.25) is 0 Å². The molecule has 0 fully saturated rings. The monoisotopic (exact) mass is 376 g/mol. The number of aromatic hydroxyl groups is 2. The lowest BCUT2D eigenvalue weighted by Gasteiger charge is -2.32. The number of phenolic OH excluding ortho intramolecular Hbond substituents is 2. The summed E-state index contributed by atoms with van der Waals surface area (Å²) in [4.78, 5) is 0. The number of rotatable bonds is 5. The first-order valence-electron chi connectivity index (χ1n) is 9.59. The number of ether oxygens (including phenoxy) is 1. The molecule has 2 atom stereocenters. The molecule has 146 valence electrons. The molecular weight excluding hydrogens is 348 g/mol. The Morgan fingerprint density at radius 2 is 1.86 bits per heavy atom. The van der Waals surface area contributed by atoms with Gasteiger partial charge in [0.15, 0.2) is 0 Å². The van der Waals surface area contributed by atoms with E-state index in [1.807, 2.05) is 30.4 Å². The molecule has 2 aromatic carbocycles. The second-order valence-corrected chi connectivity index (χ2v) is 7.60. The van der Waals surface area contributed by atoms with E-state index in [0.717, 1.165) is 35.1 Å². The van der Waals surface area contributed by atoms with Crippen molar-refractivity contribution in [1.82, 2.24) is 0 Å². The summed E-state index contributed by atoms with van der Waals surface area (Å²) in [6.07, 6.45) is 8.34. The van der Waals surface area contributed by atoms with Crippen LogP contribution in [0, 0.1) is 5.92 Å². The number of allylic oxidation sites excluding steroid dienone is 3. The van der Waals surface area contributed by atoms with E-state index in [-0.39, 0.29) is 17.4 Å². The number of benzene rings is 2. The highest BCUT2D eigenvalue weighted by atomic mass is 16.5. The average molecular weight is 376 g/mol. The van der Waals surface area contributed by atoms with Crippen LogP contribution < -0.4 is 4.74 Å². The van der Waals surface area contributed by atoms with Crippen LogP contribution in [-0.4, -0.2) is 17.3 Å². The van der Waals surface area contributed by atoms with Gasteiger partial charge in [0.1, 0.15) is 17.2 Å². The van der Waals surface area contributed by atoms with E-state index < -0.39 is 0 Å². The van der Waals surface area contributed by atoms with Gasteiger partial charge in [0.25, 0.3) is 0 Å². The van der Waals surface area contributed by atoms with Crippen LogP contribution >= 0.6 is 0 Å². The minimum atomic E-state index is 0.0802. The van der Waals surface area contributed by atoms with Crippen LogP contribution in [0.2, 0.25) is 0 Å². The largest absolute Gasteiger partial charge is 0.508 e. The minimum absolute atomic E-state index is 0.0802. The van der Waals surface area contributed by atoms with Crippen molar-refractivity contribution in [3.05, 3.63) is 76.9 Å². The molecule has 1 aliphatic carbocycles. The van der Waals surface area contributed by atoms with Crippen molar-refractivity contribution in [2.75, 3.05) is 7.11 Å². The molecule has 28 heavy (non-hydrogen) atoms. The molecule has 0 spiro atoms. The van der Waals surface area contributed by atoms with Crippen molar-refractivity contribution >= 4 is 12.2 Å². The zero-order chi connectivity index (χ0) is 20.3. The maximum Gasteiger partial charge on any atom is 0.123 e. The molecule has 2 unspecified atom stereocenters. The Kier molecular flexibility index (Phi) is 5.93. The smallest absolute Gasteiger partial charge is 0.123 e. The third kappa shape index (κ3) is 4.30. The molecule has 0 saturated heterocycles. The van der Waals surface area contributed by atoms with Crippen LogP contribution in [0.5, 0.6) is 17.2 Å². The molecule has 0 saturated carbocycles. The van der Waals surface area contributed by atoms with Crippen LogP contribution in [-0.2, 0) is 0 Å². The first-order chi connectivity index (χ1) is 13.4. The van der Waals surface area contributed by atoms with Gasteiger partial charge in [-0.25, -0.2) is 0 Å². The predicted molar refractivity (Wildman–Crippen MR) is 116 cm³/mol. The Balaban J connectivity index is 2.10. The Morgan fingerprint density at radius 3 is 2.50 bits per heavy atom. The highest BCUT2D eigenvalue weighted by Crippen LogP contribution is 2.45. The summed E-state index contributed by atoms with van der Waals surface area (Å²) in [5.41, 5.74) is 5.27. The molecule has 3 rings (SSSR count). The summed E-state index contributed by atoms with van der Waals surface area (Å²) in [6, 6.07) is 10.7. The molecule has 1 aliphatic rings. The third-order valence-corrected chi connectivity index (χ3v) is 5.46. The molecule has 2 N–H and O–H groups in total. The van der Waals surface area contributed by atoms with E-state index in [1.165, 1.54) is 5.57 Å². The highest BCUT2D eigenvalue weighted by molar-refractivity contribution is 5.74. The van der Waals surface area contributed by atoms with Crippen molar-refractivity contribution in [1.29, 1.82) is 0 Å². The maximum absolute atomic E-state index is 10.9. The van der Waals surface area contributed by atoms with Crippen molar-refractivity contribution in [3.8, 4) is 17.2 Å². The Morgan fingerprint density at radius 1 is 1.14 bits per heavy atom. The van der Waals surface area contributed by atoms with E-state index in [9.17, 15) is 10.2 Å². The number of hydrogen-bond donors (Lipinski definition) is 2. The normalized spacial score (nSPS) is 19.5. The molecule has 2 aromatic rings. The molecular formula is C25H28O3. The summed E-state index contributed by atoms with van der Waals surface area (Å²) in [7, 11) is 1.60. The lowest BCUT2D eigenvalue weighted by Crippen LogP contribution is -2.18. The van der Waals surface area contributed by atoms with Crippen LogP contribution in [0.3, 0.4) is 0 Å². The molecule has 0 radical (unpaired) electrons. The van der Waals surface area contributed by atoms with Gasteiger partial charge in [0, 0.05) is 17.5 Å². The Labute approximate surface area is 167 Å².